The molecule has 0 N–H and O–H groups in total. The Bertz CT molecular complexity index is 256. The molecule has 3 heteroatoms. The summed E-state index contributed by atoms with van der Waals surface area (Å²) in [4.78, 5) is 19.1. The van der Waals surface area contributed by atoms with Crippen LogP contribution in [0.3, 0.4) is 0 Å². The first-order chi connectivity index (χ1) is 5.70. The van der Waals surface area contributed by atoms with Gasteiger partial charge in [-0.1, -0.05) is 13.8 Å². The number of nitrogens with zero attached hydrogens (tertiary/aromatic N) is 2. The van der Waals surface area contributed by atoms with Gasteiger partial charge in [0.2, 0.25) is 0 Å². The summed E-state index contributed by atoms with van der Waals surface area (Å²) < 4.78 is 0. The Morgan fingerprint density at radius 1 is 1.42 bits per heavy atom. The Morgan fingerprint density at radius 3 is 2.67 bits per heavy atom. The normalized spacial score (nSPS) is 10.2. The van der Waals surface area contributed by atoms with E-state index in [1.807, 2.05) is 0 Å². The third kappa shape index (κ3) is 2.42. The summed E-state index contributed by atoms with van der Waals surface area (Å²) in [7, 11) is 0. The van der Waals surface area contributed by atoms with Gasteiger partial charge in [0, 0.05) is 24.5 Å². The highest BCUT2D eigenvalue weighted by atomic mass is 16.1. The molecule has 0 saturated heterocycles. The second kappa shape index (κ2) is 3.95. The Labute approximate surface area is 71.9 Å². The largest absolute Gasteiger partial charge is 0.299 e. The lowest BCUT2D eigenvalue weighted by molar-refractivity contribution is -0.116. The van der Waals surface area contributed by atoms with E-state index in [0.29, 0.717) is 6.42 Å². The van der Waals surface area contributed by atoms with Crippen molar-refractivity contribution in [2.75, 3.05) is 0 Å². The zero-order valence-corrected chi connectivity index (χ0v) is 7.24. The number of hydrogen-bond donors (Lipinski definition) is 0. The van der Waals surface area contributed by atoms with Gasteiger partial charge < -0.3 is 0 Å². The molecule has 1 heterocycles. The summed E-state index contributed by atoms with van der Waals surface area (Å²) >= 11 is 0. The predicted molar refractivity (Wildman–Crippen MR) is 45.3 cm³/mol. The van der Waals surface area contributed by atoms with Crippen molar-refractivity contribution in [2.45, 2.75) is 20.3 Å². The van der Waals surface area contributed by atoms with Crippen LogP contribution in [0.15, 0.2) is 18.6 Å². The molecule has 0 unspecified atom stereocenters. The van der Waals surface area contributed by atoms with E-state index in [2.05, 4.69) is 9.97 Å². The van der Waals surface area contributed by atoms with Gasteiger partial charge in [-0.05, 0) is 0 Å². The minimum atomic E-state index is 0.121. The van der Waals surface area contributed by atoms with Gasteiger partial charge in [0.25, 0.3) is 0 Å². The first-order valence-corrected chi connectivity index (χ1v) is 3.78. The lowest BCUT2D eigenvalue weighted by atomic mass is 10.1. The second-order valence-electron chi connectivity index (χ2n) is 2.80. The zero-order chi connectivity index (χ0) is 8.97. The molecule has 0 bridgehead atoms. The van der Waals surface area contributed by atoms with Gasteiger partial charge in [-0.3, -0.25) is 14.8 Å². The van der Waals surface area contributed by atoms with Crippen molar-refractivity contribution >= 4 is 5.78 Å². The highest BCUT2D eigenvalue weighted by Gasteiger charge is 2.08. The second-order valence-corrected chi connectivity index (χ2v) is 2.80. The molecule has 63 valence electrons. The molecule has 1 radical (unpaired) electrons. The van der Waals surface area contributed by atoms with Crippen LogP contribution < -0.4 is 0 Å². The monoisotopic (exact) mass is 163 g/mol. The van der Waals surface area contributed by atoms with E-state index in [-0.39, 0.29) is 5.78 Å². The van der Waals surface area contributed by atoms with Gasteiger partial charge in [0.15, 0.2) is 0 Å². The van der Waals surface area contributed by atoms with Crippen molar-refractivity contribution in [2.24, 2.45) is 0 Å². The van der Waals surface area contributed by atoms with Crippen molar-refractivity contribution in [3.8, 4) is 0 Å². The molecule has 0 aliphatic carbocycles. The van der Waals surface area contributed by atoms with Crippen LogP contribution in [-0.4, -0.2) is 15.8 Å². The van der Waals surface area contributed by atoms with Gasteiger partial charge in [0.1, 0.15) is 5.78 Å². The molecule has 0 saturated carbocycles. The van der Waals surface area contributed by atoms with E-state index >= 15 is 0 Å². The quantitative estimate of drug-likeness (QED) is 0.672. The van der Waals surface area contributed by atoms with Gasteiger partial charge >= 0.3 is 0 Å². The lowest BCUT2D eigenvalue weighted by Crippen LogP contribution is -2.09. The maximum absolute atomic E-state index is 11.2. The SMILES string of the molecule is C[C](C)C(=O)Cc1cnccn1. The van der Waals surface area contributed by atoms with E-state index in [4.69, 9.17) is 0 Å². The van der Waals surface area contributed by atoms with Crippen molar-refractivity contribution in [3.05, 3.63) is 30.2 Å². The van der Waals surface area contributed by atoms with E-state index in [9.17, 15) is 4.79 Å². The van der Waals surface area contributed by atoms with Crippen molar-refractivity contribution in [1.82, 2.24) is 9.97 Å². The third-order valence-electron chi connectivity index (χ3n) is 1.52. The number of Topliss-reactive ketones (excluding diaryl/α,β-unsaturated/α-hetero) is 1. The number of ketones is 1. The molecule has 0 amide bonds. The number of hydrogen-bond acceptors (Lipinski definition) is 3. The molecule has 0 atom stereocenters. The smallest absolute Gasteiger partial charge is 0.145 e. The van der Waals surface area contributed by atoms with Crippen LogP contribution in [0.2, 0.25) is 0 Å². The maximum Gasteiger partial charge on any atom is 0.145 e. The molecule has 0 fully saturated rings. The molecule has 12 heavy (non-hydrogen) atoms. The van der Waals surface area contributed by atoms with Crippen LogP contribution in [-0.2, 0) is 11.2 Å². The van der Waals surface area contributed by atoms with E-state index < -0.39 is 0 Å². The number of carbonyl (C=O) groups is 1. The number of aromatic nitrogens is 2. The average Bonchev–Trinajstić information content (AvgIpc) is 2.06. The van der Waals surface area contributed by atoms with Gasteiger partial charge in [-0.15, -0.1) is 0 Å². The van der Waals surface area contributed by atoms with E-state index in [1.165, 1.54) is 0 Å². The molecular weight excluding hydrogens is 152 g/mol. The molecule has 1 rings (SSSR count). The standard InChI is InChI=1S/C9H11N2O/c1-7(2)9(12)5-8-6-10-3-4-11-8/h3-4,6H,5H2,1-2H3. The average molecular weight is 163 g/mol. The zero-order valence-electron chi connectivity index (χ0n) is 7.24. The van der Waals surface area contributed by atoms with Gasteiger partial charge in [-0.2, -0.15) is 0 Å². The topological polar surface area (TPSA) is 42.9 Å². The fraction of sp³-hybridized carbons (Fsp3) is 0.333. The molecule has 0 aliphatic heterocycles. The molecule has 0 aromatic carbocycles. The summed E-state index contributed by atoms with van der Waals surface area (Å²) in [5.74, 6) is 0.927. The first-order valence-electron chi connectivity index (χ1n) is 3.78. The minimum Gasteiger partial charge on any atom is -0.299 e. The molecule has 3 nitrogen and oxygen atoms in total. The highest BCUT2D eigenvalue weighted by molar-refractivity contribution is 5.92. The molecule has 0 aliphatic rings. The Morgan fingerprint density at radius 2 is 2.17 bits per heavy atom. The molecular formula is C9H11N2O. The number of carbonyl (C=O) groups excluding carboxylic acids is 1. The minimum absolute atomic E-state index is 0.121. The lowest BCUT2D eigenvalue weighted by Gasteiger charge is -2.01. The van der Waals surface area contributed by atoms with Crippen molar-refractivity contribution in [3.63, 3.8) is 0 Å². The summed E-state index contributed by atoms with van der Waals surface area (Å²) in [5.41, 5.74) is 0.726. The summed E-state index contributed by atoms with van der Waals surface area (Å²) in [6.07, 6.45) is 5.15. The third-order valence-corrected chi connectivity index (χ3v) is 1.52. The molecule has 1 aromatic heterocycles. The Kier molecular flexibility index (Phi) is 2.91. The fourth-order valence-corrected chi connectivity index (χ4v) is 0.763. The van der Waals surface area contributed by atoms with Gasteiger partial charge in [0.05, 0.1) is 12.1 Å². The first kappa shape index (κ1) is 8.84. The van der Waals surface area contributed by atoms with E-state index in [1.54, 1.807) is 32.4 Å². The van der Waals surface area contributed by atoms with Crippen molar-refractivity contribution < 1.29 is 4.79 Å². The summed E-state index contributed by atoms with van der Waals surface area (Å²) in [5, 5.41) is 0. The highest BCUT2D eigenvalue weighted by Crippen LogP contribution is 2.02. The predicted octanol–water partition coefficient (Wildman–Crippen LogP) is 1.20. The Balaban J connectivity index is 2.59. The molecule has 0 spiro atoms. The summed E-state index contributed by atoms with van der Waals surface area (Å²) in [6.45, 7) is 3.61. The van der Waals surface area contributed by atoms with Crippen LogP contribution in [0.25, 0.3) is 0 Å². The number of rotatable bonds is 3. The van der Waals surface area contributed by atoms with Crippen LogP contribution in [0.4, 0.5) is 0 Å². The van der Waals surface area contributed by atoms with Gasteiger partial charge in [-0.25, -0.2) is 0 Å². The maximum atomic E-state index is 11.2. The Hall–Kier alpha value is -1.25. The van der Waals surface area contributed by atoms with Crippen LogP contribution in [0, 0.1) is 5.92 Å². The van der Waals surface area contributed by atoms with Crippen LogP contribution in [0.5, 0.6) is 0 Å². The fourth-order valence-electron chi connectivity index (χ4n) is 0.763. The van der Waals surface area contributed by atoms with Crippen molar-refractivity contribution in [1.29, 1.82) is 0 Å². The van der Waals surface area contributed by atoms with Crippen LogP contribution in [0.1, 0.15) is 19.5 Å². The molecule has 1 aromatic rings. The summed E-state index contributed by atoms with van der Waals surface area (Å²) in [6, 6.07) is 0. The van der Waals surface area contributed by atoms with Crippen LogP contribution >= 0.6 is 0 Å². The van der Waals surface area contributed by atoms with E-state index in [0.717, 1.165) is 11.6 Å².